The van der Waals surface area contributed by atoms with Gasteiger partial charge in [-0.15, -0.1) is 0 Å². The zero-order valence-electron chi connectivity index (χ0n) is 17.2. The number of ether oxygens (including phenoxy) is 2. The van der Waals surface area contributed by atoms with Crippen LogP contribution < -0.4 is 10.1 Å². The molecule has 0 bridgehead atoms. The lowest BCUT2D eigenvalue weighted by molar-refractivity contribution is -0.162. The molecule has 1 aliphatic heterocycles. The van der Waals surface area contributed by atoms with E-state index in [1.54, 1.807) is 36.4 Å². The van der Waals surface area contributed by atoms with Crippen molar-refractivity contribution in [2.75, 3.05) is 12.4 Å². The quantitative estimate of drug-likeness (QED) is 0.381. The van der Waals surface area contributed by atoms with Crippen LogP contribution in [0.4, 0.5) is 5.69 Å². The van der Waals surface area contributed by atoms with Crippen LogP contribution in [0.15, 0.2) is 53.0 Å². The van der Waals surface area contributed by atoms with E-state index in [-0.39, 0.29) is 5.97 Å². The van der Waals surface area contributed by atoms with Crippen LogP contribution >= 0.6 is 15.9 Å². The Balaban J connectivity index is 1.80. The van der Waals surface area contributed by atoms with Crippen molar-refractivity contribution in [1.29, 1.82) is 0 Å². The van der Waals surface area contributed by atoms with Gasteiger partial charge in [-0.3, -0.25) is 14.4 Å². The van der Waals surface area contributed by atoms with Gasteiger partial charge in [0, 0.05) is 21.6 Å². The van der Waals surface area contributed by atoms with Crippen LogP contribution in [0.25, 0.3) is 0 Å². The van der Waals surface area contributed by atoms with Gasteiger partial charge < -0.3 is 14.8 Å². The average Bonchev–Trinajstić information content (AvgIpc) is 2.79. The third kappa shape index (κ3) is 3.99. The van der Waals surface area contributed by atoms with Crippen molar-refractivity contribution in [1.82, 2.24) is 0 Å². The second kappa shape index (κ2) is 8.83. The average molecular weight is 486 g/mol. The summed E-state index contributed by atoms with van der Waals surface area (Å²) in [6.07, 6.45) is 3.81. The standard InChI is InChI=1S/C24H24BrNO5/c1-30-23(29)24(13-5-2-6-14-24)20-17-7-3-4-8-18(17)31-22(28)19(20)21(27)26-16-11-9-15(25)10-12-16/h3-4,7-12,19-20H,2,5-6,13-14H2,1H3,(H,26,27). The van der Waals surface area contributed by atoms with Gasteiger partial charge in [-0.1, -0.05) is 53.4 Å². The third-order valence-corrected chi connectivity index (χ3v) is 6.91. The van der Waals surface area contributed by atoms with E-state index in [0.717, 1.165) is 23.7 Å². The monoisotopic (exact) mass is 485 g/mol. The second-order valence-corrected chi connectivity index (χ2v) is 9.03. The molecule has 1 fully saturated rings. The molecule has 4 rings (SSSR count). The van der Waals surface area contributed by atoms with E-state index in [1.807, 2.05) is 12.1 Å². The van der Waals surface area contributed by atoms with E-state index < -0.39 is 29.1 Å². The number of carbonyl (C=O) groups excluding carboxylic acids is 3. The molecule has 1 saturated carbocycles. The van der Waals surface area contributed by atoms with Crippen LogP contribution in [0.2, 0.25) is 0 Å². The van der Waals surface area contributed by atoms with Crippen molar-refractivity contribution in [3.05, 3.63) is 58.6 Å². The van der Waals surface area contributed by atoms with Crippen molar-refractivity contribution in [3.63, 3.8) is 0 Å². The minimum atomic E-state index is -1.16. The number of hydrogen-bond acceptors (Lipinski definition) is 5. The van der Waals surface area contributed by atoms with Crippen molar-refractivity contribution in [2.24, 2.45) is 11.3 Å². The molecule has 2 unspecified atom stereocenters. The van der Waals surface area contributed by atoms with Crippen molar-refractivity contribution in [3.8, 4) is 5.75 Å². The van der Waals surface area contributed by atoms with Gasteiger partial charge >= 0.3 is 11.9 Å². The fraction of sp³-hybridized carbons (Fsp3) is 0.375. The van der Waals surface area contributed by atoms with Gasteiger partial charge in [0.05, 0.1) is 12.5 Å². The topological polar surface area (TPSA) is 81.7 Å². The van der Waals surface area contributed by atoms with E-state index in [9.17, 15) is 14.4 Å². The zero-order valence-corrected chi connectivity index (χ0v) is 18.8. The van der Waals surface area contributed by atoms with Crippen LogP contribution in [-0.4, -0.2) is 25.0 Å². The molecular formula is C24H24BrNO5. The molecule has 2 aromatic carbocycles. The van der Waals surface area contributed by atoms with E-state index in [0.29, 0.717) is 29.8 Å². The molecule has 162 valence electrons. The van der Waals surface area contributed by atoms with Crippen LogP contribution in [0.5, 0.6) is 5.75 Å². The normalized spacial score (nSPS) is 22.1. The van der Waals surface area contributed by atoms with Gasteiger partial charge in [-0.2, -0.15) is 0 Å². The fourth-order valence-corrected chi connectivity index (χ4v) is 5.24. The molecule has 31 heavy (non-hydrogen) atoms. The summed E-state index contributed by atoms with van der Waals surface area (Å²) in [5.74, 6) is -2.92. The molecule has 0 spiro atoms. The summed E-state index contributed by atoms with van der Waals surface area (Å²) in [6, 6.07) is 14.3. The molecule has 0 radical (unpaired) electrons. The Morgan fingerprint density at radius 1 is 1.06 bits per heavy atom. The Morgan fingerprint density at radius 2 is 1.74 bits per heavy atom. The highest BCUT2D eigenvalue weighted by Gasteiger charge is 2.57. The molecular weight excluding hydrogens is 462 g/mol. The summed E-state index contributed by atoms with van der Waals surface area (Å²) in [4.78, 5) is 39.7. The number of carbonyl (C=O) groups is 3. The summed E-state index contributed by atoms with van der Waals surface area (Å²) < 4.78 is 11.6. The highest BCUT2D eigenvalue weighted by atomic mass is 79.9. The number of fused-ring (bicyclic) bond motifs is 1. The molecule has 0 saturated heterocycles. The van der Waals surface area contributed by atoms with Crippen molar-refractivity contribution >= 4 is 39.5 Å². The lowest BCUT2D eigenvalue weighted by Gasteiger charge is -2.45. The SMILES string of the molecule is COC(=O)C1(C2c3ccccc3OC(=O)C2C(=O)Nc2ccc(Br)cc2)CCCCC1. The number of para-hydroxylation sites is 1. The number of esters is 2. The number of anilines is 1. The van der Waals surface area contributed by atoms with E-state index in [1.165, 1.54) is 7.11 Å². The number of rotatable bonds is 4. The largest absolute Gasteiger partial charge is 0.469 e. The first kappa shape index (κ1) is 21.6. The van der Waals surface area contributed by atoms with Crippen LogP contribution in [0, 0.1) is 11.3 Å². The van der Waals surface area contributed by atoms with Crippen LogP contribution in [0.1, 0.15) is 43.6 Å². The minimum Gasteiger partial charge on any atom is -0.469 e. The predicted octanol–water partition coefficient (Wildman–Crippen LogP) is 4.83. The molecule has 2 aromatic rings. The molecule has 2 aliphatic rings. The van der Waals surface area contributed by atoms with Crippen molar-refractivity contribution < 1.29 is 23.9 Å². The molecule has 7 heteroatoms. The summed E-state index contributed by atoms with van der Waals surface area (Å²) in [5.41, 5.74) is 0.310. The maximum absolute atomic E-state index is 13.4. The Bertz CT molecular complexity index is 997. The summed E-state index contributed by atoms with van der Waals surface area (Å²) in [6.45, 7) is 0. The van der Waals surface area contributed by atoms with E-state index in [2.05, 4.69) is 21.2 Å². The van der Waals surface area contributed by atoms with Gasteiger partial charge in [0.1, 0.15) is 11.7 Å². The van der Waals surface area contributed by atoms with Gasteiger partial charge in [-0.05, 0) is 43.2 Å². The molecule has 6 nitrogen and oxygen atoms in total. The van der Waals surface area contributed by atoms with E-state index >= 15 is 0 Å². The third-order valence-electron chi connectivity index (χ3n) is 6.38. The highest BCUT2D eigenvalue weighted by Crippen LogP contribution is 2.55. The number of nitrogens with one attached hydrogen (secondary N) is 1. The Morgan fingerprint density at radius 3 is 2.42 bits per heavy atom. The first-order chi connectivity index (χ1) is 15.0. The first-order valence-electron chi connectivity index (χ1n) is 10.4. The number of halogens is 1. The van der Waals surface area contributed by atoms with Gasteiger partial charge in [0.2, 0.25) is 5.91 Å². The Labute approximate surface area is 189 Å². The minimum absolute atomic E-state index is 0.372. The zero-order chi connectivity index (χ0) is 22.0. The number of amides is 1. The van der Waals surface area contributed by atoms with Gasteiger partial charge in [0.25, 0.3) is 0 Å². The molecule has 1 heterocycles. The number of benzene rings is 2. The lowest BCUT2D eigenvalue weighted by atomic mass is 9.59. The Kier molecular flexibility index (Phi) is 6.14. The Hall–Kier alpha value is -2.67. The number of methoxy groups -OCH3 is 1. The number of hydrogen-bond donors (Lipinski definition) is 1. The van der Waals surface area contributed by atoms with Gasteiger partial charge in [-0.25, -0.2) is 0 Å². The summed E-state index contributed by atoms with van der Waals surface area (Å²) in [5, 5.41) is 2.83. The second-order valence-electron chi connectivity index (χ2n) is 8.12. The molecule has 1 amide bonds. The molecule has 2 atom stereocenters. The maximum Gasteiger partial charge on any atom is 0.324 e. The first-order valence-corrected chi connectivity index (χ1v) is 11.2. The highest BCUT2D eigenvalue weighted by molar-refractivity contribution is 9.10. The smallest absolute Gasteiger partial charge is 0.324 e. The fourth-order valence-electron chi connectivity index (χ4n) is 4.97. The molecule has 0 aromatic heterocycles. The maximum atomic E-state index is 13.4. The van der Waals surface area contributed by atoms with E-state index in [4.69, 9.17) is 9.47 Å². The van der Waals surface area contributed by atoms with Crippen LogP contribution in [-0.2, 0) is 19.1 Å². The molecule has 1 N–H and O–H groups in total. The lowest BCUT2D eigenvalue weighted by Crippen LogP contribution is -2.51. The molecule has 1 aliphatic carbocycles. The summed E-state index contributed by atoms with van der Waals surface area (Å²) >= 11 is 3.37. The summed E-state index contributed by atoms with van der Waals surface area (Å²) in [7, 11) is 1.36. The predicted molar refractivity (Wildman–Crippen MR) is 119 cm³/mol. The van der Waals surface area contributed by atoms with Gasteiger partial charge in [0.15, 0.2) is 0 Å². The van der Waals surface area contributed by atoms with Crippen LogP contribution in [0.3, 0.4) is 0 Å². The van der Waals surface area contributed by atoms with Crippen molar-refractivity contribution in [2.45, 2.75) is 38.0 Å².